The molecule has 0 radical (unpaired) electrons. The van der Waals surface area contributed by atoms with Gasteiger partial charge in [0.2, 0.25) is 0 Å². The summed E-state index contributed by atoms with van der Waals surface area (Å²) in [5, 5.41) is 9.40. The van der Waals surface area contributed by atoms with Crippen molar-refractivity contribution in [3.05, 3.63) is 17.6 Å². The summed E-state index contributed by atoms with van der Waals surface area (Å²) in [6.45, 7) is 7.92. The van der Waals surface area contributed by atoms with Gasteiger partial charge in [-0.3, -0.25) is 0 Å². The molecule has 0 spiro atoms. The van der Waals surface area contributed by atoms with Crippen molar-refractivity contribution in [2.75, 3.05) is 32.1 Å². The van der Waals surface area contributed by atoms with Gasteiger partial charge in [-0.15, -0.1) is 0 Å². The SMILES string of the molecule is CCN(c1nc(C)ncc1CO)C(C)CN(C)C. The van der Waals surface area contributed by atoms with E-state index in [1.165, 1.54) is 0 Å². The fourth-order valence-corrected chi connectivity index (χ4v) is 2.14. The molecule has 0 aliphatic rings. The Labute approximate surface area is 109 Å². The van der Waals surface area contributed by atoms with E-state index < -0.39 is 0 Å². The minimum atomic E-state index is -0.0270. The topological polar surface area (TPSA) is 52.5 Å². The van der Waals surface area contributed by atoms with Crippen molar-refractivity contribution in [2.45, 2.75) is 33.4 Å². The van der Waals surface area contributed by atoms with Gasteiger partial charge in [0.15, 0.2) is 0 Å². The first-order valence-corrected chi connectivity index (χ1v) is 6.34. The highest BCUT2D eigenvalue weighted by Crippen LogP contribution is 2.19. The van der Waals surface area contributed by atoms with Gasteiger partial charge in [-0.05, 0) is 34.9 Å². The maximum atomic E-state index is 9.40. The summed E-state index contributed by atoms with van der Waals surface area (Å²) in [6, 6.07) is 0.338. The van der Waals surface area contributed by atoms with Crippen molar-refractivity contribution in [2.24, 2.45) is 0 Å². The molecule has 0 aliphatic carbocycles. The molecule has 1 aromatic heterocycles. The molecule has 0 aliphatic heterocycles. The Bertz CT molecular complexity index is 381. The van der Waals surface area contributed by atoms with Crippen LogP contribution in [-0.2, 0) is 6.61 Å². The summed E-state index contributed by atoms with van der Waals surface area (Å²) in [5.74, 6) is 1.58. The van der Waals surface area contributed by atoms with Crippen LogP contribution in [0, 0.1) is 6.92 Å². The van der Waals surface area contributed by atoms with Crippen molar-refractivity contribution in [3.8, 4) is 0 Å². The molecule has 1 aromatic rings. The summed E-state index contributed by atoms with van der Waals surface area (Å²) >= 11 is 0. The lowest BCUT2D eigenvalue weighted by molar-refractivity contribution is 0.280. The zero-order valence-electron chi connectivity index (χ0n) is 12.0. The van der Waals surface area contributed by atoms with E-state index in [1.807, 2.05) is 6.92 Å². The van der Waals surface area contributed by atoms with E-state index >= 15 is 0 Å². The number of hydrogen-bond acceptors (Lipinski definition) is 5. The number of anilines is 1. The van der Waals surface area contributed by atoms with Crippen LogP contribution in [0.5, 0.6) is 0 Å². The fraction of sp³-hybridized carbons (Fsp3) is 0.692. The maximum absolute atomic E-state index is 9.40. The lowest BCUT2D eigenvalue weighted by Crippen LogP contribution is -2.41. The van der Waals surface area contributed by atoms with Crippen LogP contribution >= 0.6 is 0 Å². The Morgan fingerprint density at radius 2 is 2.06 bits per heavy atom. The predicted octanol–water partition coefficient (Wildman–Crippen LogP) is 1.05. The van der Waals surface area contributed by atoms with Crippen LogP contribution in [0.15, 0.2) is 6.20 Å². The molecule has 0 aromatic carbocycles. The van der Waals surface area contributed by atoms with E-state index in [-0.39, 0.29) is 6.61 Å². The highest BCUT2D eigenvalue weighted by Gasteiger charge is 2.18. The lowest BCUT2D eigenvalue weighted by atomic mass is 10.2. The van der Waals surface area contributed by atoms with E-state index in [0.717, 1.165) is 30.3 Å². The van der Waals surface area contributed by atoms with Crippen LogP contribution < -0.4 is 4.90 Å². The first-order chi connectivity index (χ1) is 8.49. The number of aliphatic hydroxyl groups is 1. The maximum Gasteiger partial charge on any atom is 0.138 e. The van der Waals surface area contributed by atoms with Crippen molar-refractivity contribution < 1.29 is 5.11 Å². The van der Waals surface area contributed by atoms with Gasteiger partial charge >= 0.3 is 0 Å². The van der Waals surface area contributed by atoms with Crippen molar-refractivity contribution in [1.82, 2.24) is 14.9 Å². The quantitative estimate of drug-likeness (QED) is 0.820. The molecule has 0 fully saturated rings. The zero-order valence-corrected chi connectivity index (χ0v) is 12.0. The molecule has 1 N–H and O–H groups in total. The van der Waals surface area contributed by atoms with E-state index in [2.05, 4.69) is 47.7 Å². The Morgan fingerprint density at radius 3 is 2.56 bits per heavy atom. The normalized spacial score (nSPS) is 12.8. The molecule has 0 saturated heterocycles. The van der Waals surface area contributed by atoms with Gasteiger partial charge in [-0.25, -0.2) is 9.97 Å². The predicted molar refractivity (Wildman–Crippen MR) is 73.7 cm³/mol. The highest BCUT2D eigenvalue weighted by molar-refractivity contribution is 5.46. The minimum Gasteiger partial charge on any atom is -0.391 e. The molecule has 0 saturated carbocycles. The minimum absolute atomic E-state index is 0.0270. The number of aryl methyl sites for hydroxylation is 1. The Kier molecular flexibility index (Phi) is 5.50. The van der Waals surface area contributed by atoms with Gasteiger partial charge in [-0.2, -0.15) is 0 Å². The molecule has 18 heavy (non-hydrogen) atoms. The van der Waals surface area contributed by atoms with E-state index in [1.54, 1.807) is 6.20 Å². The molecule has 0 amide bonds. The van der Waals surface area contributed by atoms with Crippen LogP contribution in [0.2, 0.25) is 0 Å². The van der Waals surface area contributed by atoms with Crippen LogP contribution in [0.4, 0.5) is 5.82 Å². The number of aromatic nitrogens is 2. The third-order valence-electron chi connectivity index (χ3n) is 2.91. The van der Waals surface area contributed by atoms with Gasteiger partial charge in [0.05, 0.1) is 6.61 Å². The monoisotopic (exact) mass is 252 g/mol. The van der Waals surface area contributed by atoms with Gasteiger partial charge in [0.25, 0.3) is 0 Å². The molecule has 1 rings (SSSR count). The summed E-state index contributed by atoms with van der Waals surface area (Å²) < 4.78 is 0. The molecule has 5 nitrogen and oxygen atoms in total. The lowest BCUT2D eigenvalue weighted by Gasteiger charge is -2.32. The number of aliphatic hydroxyl groups excluding tert-OH is 1. The number of rotatable bonds is 6. The molecule has 1 heterocycles. The first-order valence-electron chi connectivity index (χ1n) is 6.34. The third-order valence-corrected chi connectivity index (χ3v) is 2.91. The molecule has 102 valence electrons. The van der Waals surface area contributed by atoms with Crippen LogP contribution in [0.1, 0.15) is 25.2 Å². The van der Waals surface area contributed by atoms with Crippen molar-refractivity contribution >= 4 is 5.82 Å². The van der Waals surface area contributed by atoms with Gasteiger partial charge < -0.3 is 14.9 Å². The Balaban J connectivity index is 3.03. The van der Waals surface area contributed by atoms with Gasteiger partial charge in [0.1, 0.15) is 11.6 Å². The van der Waals surface area contributed by atoms with Gasteiger partial charge in [0, 0.05) is 30.9 Å². The summed E-state index contributed by atoms with van der Waals surface area (Å²) in [7, 11) is 4.12. The summed E-state index contributed by atoms with van der Waals surface area (Å²) in [6.07, 6.45) is 1.71. The van der Waals surface area contributed by atoms with Gasteiger partial charge in [-0.1, -0.05) is 0 Å². The van der Waals surface area contributed by atoms with E-state index in [9.17, 15) is 5.11 Å². The standard InChI is InChI=1S/C13H24N4O/c1-6-17(10(2)8-16(4)5)13-12(9-18)7-14-11(3)15-13/h7,10,18H,6,8-9H2,1-5H3. The summed E-state index contributed by atoms with van der Waals surface area (Å²) in [4.78, 5) is 13.0. The van der Waals surface area contributed by atoms with Crippen LogP contribution in [0.3, 0.4) is 0 Å². The number of likely N-dealkylation sites (N-methyl/N-ethyl adjacent to an activating group) is 2. The molecule has 0 bridgehead atoms. The average Bonchev–Trinajstić information content (AvgIpc) is 2.29. The molecular formula is C13H24N4O. The Hall–Kier alpha value is -1.20. The largest absolute Gasteiger partial charge is 0.391 e. The third kappa shape index (κ3) is 3.65. The average molecular weight is 252 g/mol. The smallest absolute Gasteiger partial charge is 0.138 e. The number of hydrogen-bond donors (Lipinski definition) is 1. The van der Waals surface area contributed by atoms with E-state index in [0.29, 0.717) is 6.04 Å². The van der Waals surface area contributed by atoms with Crippen LogP contribution in [0.25, 0.3) is 0 Å². The zero-order chi connectivity index (χ0) is 13.7. The van der Waals surface area contributed by atoms with E-state index in [4.69, 9.17) is 0 Å². The molecule has 5 heteroatoms. The second-order valence-electron chi connectivity index (χ2n) is 4.82. The fourth-order valence-electron chi connectivity index (χ4n) is 2.14. The first kappa shape index (κ1) is 14.9. The molecular weight excluding hydrogens is 228 g/mol. The highest BCUT2D eigenvalue weighted by atomic mass is 16.3. The second-order valence-corrected chi connectivity index (χ2v) is 4.82. The van der Waals surface area contributed by atoms with Crippen molar-refractivity contribution in [3.63, 3.8) is 0 Å². The molecule has 1 atom stereocenters. The number of nitrogens with zero attached hydrogens (tertiary/aromatic N) is 4. The second kappa shape index (κ2) is 6.66. The van der Waals surface area contributed by atoms with Crippen LogP contribution in [-0.4, -0.2) is 53.2 Å². The van der Waals surface area contributed by atoms with Crippen molar-refractivity contribution in [1.29, 1.82) is 0 Å². The summed E-state index contributed by atoms with van der Waals surface area (Å²) in [5.41, 5.74) is 0.785. The molecule has 1 unspecified atom stereocenters. The Morgan fingerprint density at radius 1 is 1.39 bits per heavy atom.